The number of methoxy groups -OCH3 is 1. The molecule has 0 bridgehead atoms. The van der Waals surface area contributed by atoms with Gasteiger partial charge in [0.05, 0.1) is 19.2 Å². The van der Waals surface area contributed by atoms with Crippen LogP contribution < -0.4 is 10.1 Å². The van der Waals surface area contributed by atoms with Gasteiger partial charge in [0, 0.05) is 21.8 Å². The topological polar surface area (TPSA) is 73.3 Å². The van der Waals surface area contributed by atoms with Crippen LogP contribution in [0.4, 0.5) is 5.69 Å². The number of rotatable bonds is 6. The Bertz CT molecular complexity index is 1530. The number of aromatic nitrogens is 2. The fourth-order valence-corrected chi connectivity index (χ4v) is 4.82. The molecule has 0 aliphatic heterocycles. The van der Waals surface area contributed by atoms with Crippen LogP contribution in [0.25, 0.3) is 10.9 Å². The van der Waals surface area contributed by atoms with E-state index in [1.54, 1.807) is 12.1 Å². The quantitative estimate of drug-likeness (QED) is 0.179. The Morgan fingerprint density at radius 2 is 1.87 bits per heavy atom. The van der Waals surface area contributed by atoms with Crippen molar-refractivity contribution < 1.29 is 14.3 Å². The lowest BCUT2D eigenvalue weighted by Crippen LogP contribution is -2.09. The Hall–Kier alpha value is -4.08. The molecular formula is C31H28ClN3O3. The number of hydrogen-bond donors (Lipinski definition) is 1. The Morgan fingerprint density at radius 3 is 2.71 bits per heavy atom. The molecule has 2 aromatic carbocycles. The van der Waals surface area contributed by atoms with Gasteiger partial charge in [-0.15, -0.1) is 0 Å². The van der Waals surface area contributed by atoms with Crippen molar-refractivity contribution in [3.63, 3.8) is 0 Å². The van der Waals surface area contributed by atoms with Gasteiger partial charge in [-0.2, -0.15) is 0 Å². The predicted octanol–water partition coefficient (Wildman–Crippen LogP) is 6.38. The largest absolute Gasteiger partial charge is 0.486 e. The van der Waals surface area contributed by atoms with Gasteiger partial charge in [0.15, 0.2) is 11.4 Å². The average Bonchev–Trinajstić information content (AvgIpc) is 3.19. The number of ether oxygens (including phenoxy) is 2. The molecule has 4 aromatic rings. The van der Waals surface area contributed by atoms with Gasteiger partial charge in [-0.1, -0.05) is 54.3 Å². The highest BCUT2D eigenvalue weighted by molar-refractivity contribution is 6.31. The standard InChI is InChI=1S/C31H28ClN3O3/c1-37-31(36)30-28(38-20-21-9-4-2-5-10-21)17-15-23(34-30)11-8-18-33-29-24-12-6-3-7-13-26(24)35-27-16-14-22(32)19-25(27)29/h2,4-5,9-10,14-17,19H,3,6-7,12-13,18,20H2,1H3,(H,33,35). The number of fused-ring (bicyclic) bond motifs is 2. The van der Waals surface area contributed by atoms with Gasteiger partial charge in [-0.3, -0.25) is 4.98 Å². The molecule has 0 spiro atoms. The summed E-state index contributed by atoms with van der Waals surface area (Å²) in [5, 5.41) is 5.21. The first-order valence-electron chi connectivity index (χ1n) is 12.7. The van der Waals surface area contributed by atoms with Crippen molar-refractivity contribution in [2.45, 2.75) is 38.7 Å². The minimum absolute atomic E-state index is 0.100. The van der Waals surface area contributed by atoms with Crippen molar-refractivity contribution in [2.24, 2.45) is 0 Å². The first-order chi connectivity index (χ1) is 18.6. The number of benzene rings is 2. The summed E-state index contributed by atoms with van der Waals surface area (Å²) in [6, 6.07) is 19.0. The van der Waals surface area contributed by atoms with Crippen LogP contribution >= 0.6 is 11.6 Å². The number of esters is 1. The number of hydrogen-bond acceptors (Lipinski definition) is 6. The third-order valence-corrected chi connectivity index (χ3v) is 6.75. The molecule has 2 heterocycles. The molecule has 1 aliphatic carbocycles. The van der Waals surface area contributed by atoms with Crippen molar-refractivity contribution in [2.75, 3.05) is 19.0 Å². The van der Waals surface area contributed by atoms with Crippen LogP contribution in [0.3, 0.4) is 0 Å². The van der Waals surface area contributed by atoms with Crippen LogP contribution in [0.2, 0.25) is 5.02 Å². The van der Waals surface area contributed by atoms with Crippen LogP contribution in [-0.2, 0) is 24.2 Å². The summed E-state index contributed by atoms with van der Waals surface area (Å²) in [4.78, 5) is 21.7. The van der Waals surface area contributed by atoms with Gasteiger partial charge in [-0.05, 0) is 73.1 Å². The minimum Gasteiger partial charge on any atom is -0.486 e. The number of nitrogens with one attached hydrogen (secondary N) is 1. The van der Waals surface area contributed by atoms with Gasteiger partial charge in [0.25, 0.3) is 0 Å². The molecule has 0 fully saturated rings. The number of halogens is 1. The maximum absolute atomic E-state index is 12.4. The van der Waals surface area contributed by atoms with Crippen LogP contribution in [0, 0.1) is 11.8 Å². The number of nitrogens with zero attached hydrogens (tertiary/aromatic N) is 2. The highest BCUT2D eigenvalue weighted by Gasteiger charge is 2.18. The minimum atomic E-state index is -0.572. The Labute approximate surface area is 227 Å². The summed E-state index contributed by atoms with van der Waals surface area (Å²) in [5.74, 6) is 5.98. The van der Waals surface area contributed by atoms with Gasteiger partial charge in [0.2, 0.25) is 0 Å². The molecular weight excluding hydrogens is 498 g/mol. The molecule has 1 aliphatic rings. The van der Waals surface area contributed by atoms with E-state index in [4.69, 9.17) is 26.1 Å². The second-order valence-electron chi connectivity index (χ2n) is 9.10. The number of anilines is 1. The maximum Gasteiger partial charge on any atom is 0.360 e. The molecule has 38 heavy (non-hydrogen) atoms. The molecule has 5 rings (SSSR count). The molecule has 2 aromatic heterocycles. The SMILES string of the molecule is COC(=O)c1nc(C#CCNc2c3c(nc4ccc(Cl)cc24)CCCCC3)ccc1OCc1ccccc1. The lowest BCUT2D eigenvalue weighted by molar-refractivity contribution is 0.0588. The zero-order valence-electron chi connectivity index (χ0n) is 21.2. The predicted molar refractivity (Wildman–Crippen MR) is 150 cm³/mol. The van der Waals surface area contributed by atoms with Crippen LogP contribution in [0.5, 0.6) is 5.75 Å². The molecule has 0 saturated heterocycles. The highest BCUT2D eigenvalue weighted by Crippen LogP contribution is 2.34. The molecule has 192 valence electrons. The third-order valence-electron chi connectivity index (χ3n) is 6.52. The maximum atomic E-state index is 12.4. The van der Waals surface area contributed by atoms with Crippen LogP contribution in [0.1, 0.15) is 52.3 Å². The summed E-state index contributed by atoms with van der Waals surface area (Å²) in [7, 11) is 1.32. The molecule has 0 amide bonds. The van der Waals surface area contributed by atoms with E-state index in [1.165, 1.54) is 19.1 Å². The van der Waals surface area contributed by atoms with Crippen molar-refractivity contribution in [1.29, 1.82) is 0 Å². The molecule has 0 unspecified atom stereocenters. The van der Waals surface area contributed by atoms with E-state index < -0.39 is 5.97 Å². The molecule has 0 saturated carbocycles. The number of carbonyl (C=O) groups is 1. The van der Waals surface area contributed by atoms with Crippen molar-refractivity contribution >= 4 is 34.2 Å². The van der Waals surface area contributed by atoms with Gasteiger partial charge < -0.3 is 14.8 Å². The van der Waals surface area contributed by atoms with Crippen molar-refractivity contribution in [3.05, 3.63) is 93.9 Å². The molecule has 6 nitrogen and oxygen atoms in total. The first kappa shape index (κ1) is 25.6. The number of pyridine rings is 2. The monoisotopic (exact) mass is 525 g/mol. The number of aryl methyl sites for hydroxylation is 1. The Morgan fingerprint density at radius 1 is 1.03 bits per heavy atom. The van der Waals surface area contributed by atoms with E-state index in [0.717, 1.165) is 53.5 Å². The van der Waals surface area contributed by atoms with E-state index >= 15 is 0 Å². The smallest absolute Gasteiger partial charge is 0.360 e. The number of carbonyl (C=O) groups excluding carboxylic acids is 1. The molecule has 1 N–H and O–H groups in total. The van der Waals surface area contributed by atoms with Gasteiger partial charge in [-0.25, -0.2) is 9.78 Å². The summed E-state index contributed by atoms with van der Waals surface area (Å²) >= 11 is 6.33. The first-order valence-corrected chi connectivity index (χ1v) is 13.1. The lowest BCUT2D eigenvalue weighted by atomic mass is 10.0. The van der Waals surface area contributed by atoms with E-state index in [1.807, 2.05) is 48.5 Å². The van der Waals surface area contributed by atoms with E-state index in [0.29, 0.717) is 29.6 Å². The van der Waals surface area contributed by atoms with Crippen LogP contribution in [0.15, 0.2) is 60.7 Å². The third kappa shape index (κ3) is 5.90. The molecule has 0 atom stereocenters. The zero-order chi connectivity index (χ0) is 26.3. The average molecular weight is 526 g/mol. The van der Waals surface area contributed by atoms with E-state index in [2.05, 4.69) is 22.1 Å². The second-order valence-corrected chi connectivity index (χ2v) is 9.54. The summed E-state index contributed by atoms with van der Waals surface area (Å²) in [6.45, 7) is 0.718. The van der Waals surface area contributed by atoms with Crippen molar-refractivity contribution in [3.8, 4) is 17.6 Å². The fourth-order valence-electron chi connectivity index (χ4n) is 4.65. The summed E-state index contributed by atoms with van der Waals surface area (Å²) in [5.41, 5.74) is 5.94. The Kier molecular flexibility index (Phi) is 8.06. The van der Waals surface area contributed by atoms with E-state index in [9.17, 15) is 4.79 Å². The fraction of sp³-hybridized carbons (Fsp3) is 0.258. The second kappa shape index (κ2) is 12.0. The van der Waals surface area contributed by atoms with Crippen LogP contribution in [-0.4, -0.2) is 29.6 Å². The van der Waals surface area contributed by atoms with Gasteiger partial charge >= 0.3 is 5.97 Å². The highest BCUT2D eigenvalue weighted by atomic mass is 35.5. The summed E-state index contributed by atoms with van der Waals surface area (Å²) < 4.78 is 10.8. The van der Waals surface area contributed by atoms with Gasteiger partial charge in [0.1, 0.15) is 12.3 Å². The zero-order valence-corrected chi connectivity index (χ0v) is 22.0. The molecule has 7 heteroatoms. The molecule has 0 radical (unpaired) electrons. The van der Waals surface area contributed by atoms with E-state index in [-0.39, 0.29) is 5.69 Å². The normalized spacial score (nSPS) is 12.6. The van der Waals surface area contributed by atoms with Crippen molar-refractivity contribution in [1.82, 2.24) is 9.97 Å². The summed E-state index contributed by atoms with van der Waals surface area (Å²) in [6.07, 6.45) is 5.45. The Balaban J connectivity index is 1.36. The lowest BCUT2D eigenvalue weighted by Gasteiger charge is -2.16.